The lowest BCUT2D eigenvalue weighted by atomic mass is 9.74. The number of cyclic esters (lactones) is 1. The average Bonchev–Trinajstić information content (AvgIpc) is 3.03. The Balaban J connectivity index is 2.30. The van der Waals surface area contributed by atoms with Crippen LogP contribution in [-0.4, -0.2) is 27.3 Å². The second kappa shape index (κ2) is 7.88. The number of phenolic OH excluding ortho intramolecular Hbond substituents is 2. The summed E-state index contributed by atoms with van der Waals surface area (Å²) in [6, 6.07) is 7.58. The molecule has 0 aliphatic carbocycles. The molecule has 0 saturated heterocycles. The van der Waals surface area contributed by atoms with Crippen LogP contribution in [0.1, 0.15) is 59.7 Å². The van der Waals surface area contributed by atoms with Gasteiger partial charge < -0.3 is 20.1 Å². The Morgan fingerprint density at radius 2 is 1.36 bits per heavy atom. The highest BCUT2D eigenvalue weighted by atomic mass is 79.9. The zero-order valence-electron chi connectivity index (χ0n) is 18.2. The van der Waals surface area contributed by atoms with Crippen molar-refractivity contribution in [3.05, 3.63) is 89.3 Å². The molecule has 0 atom stereocenters. The Labute approximate surface area is 207 Å². The van der Waals surface area contributed by atoms with Gasteiger partial charge in [0.2, 0.25) is 0 Å². The van der Waals surface area contributed by atoms with E-state index in [1.54, 1.807) is 39.8 Å². The number of ether oxygens (including phenoxy) is 1. The summed E-state index contributed by atoms with van der Waals surface area (Å²) in [5.74, 6) is -2.10. The van der Waals surface area contributed by atoms with E-state index in [2.05, 4.69) is 31.9 Å². The molecule has 0 spiro atoms. The number of esters is 1. The molecule has 1 aliphatic rings. The van der Waals surface area contributed by atoms with Crippen LogP contribution in [-0.2, 0) is 10.3 Å². The van der Waals surface area contributed by atoms with Crippen molar-refractivity contribution in [2.45, 2.75) is 33.3 Å². The van der Waals surface area contributed by atoms with E-state index in [1.807, 2.05) is 0 Å². The summed E-state index contributed by atoms with van der Waals surface area (Å²) in [6.07, 6.45) is 0. The van der Waals surface area contributed by atoms with Crippen molar-refractivity contribution < 1.29 is 29.6 Å². The van der Waals surface area contributed by atoms with Crippen LogP contribution in [0.2, 0.25) is 0 Å². The quantitative estimate of drug-likeness (QED) is 0.330. The van der Waals surface area contributed by atoms with Crippen LogP contribution in [0.15, 0.2) is 39.3 Å². The van der Waals surface area contributed by atoms with Crippen LogP contribution in [0.25, 0.3) is 0 Å². The molecule has 1 heterocycles. The van der Waals surface area contributed by atoms with Crippen LogP contribution in [0.5, 0.6) is 11.5 Å². The Bertz CT molecular complexity index is 1260. The van der Waals surface area contributed by atoms with Crippen molar-refractivity contribution in [1.29, 1.82) is 0 Å². The van der Waals surface area contributed by atoms with Crippen molar-refractivity contribution in [1.82, 2.24) is 0 Å². The molecular formula is C25H20Br2O6. The Hall–Kier alpha value is -2.84. The first-order valence-corrected chi connectivity index (χ1v) is 11.6. The van der Waals surface area contributed by atoms with Gasteiger partial charge >= 0.3 is 11.9 Å². The summed E-state index contributed by atoms with van der Waals surface area (Å²) in [4.78, 5) is 24.9. The fourth-order valence-electron chi connectivity index (χ4n) is 4.48. The summed E-state index contributed by atoms with van der Waals surface area (Å²) in [5.41, 5.74) is 1.25. The van der Waals surface area contributed by atoms with E-state index in [-0.39, 0.29) is 39.3 Å². The monoisotopic (exact) mass is 574 g/mol. The molecule has 1 aliphatic heterocycles. The number of carboxylic acids is 1. The minimum absolute atomic E-state index is 0.0517. The van der Waals surface area contributed by atoms with E-state index >= 15 is 0 Å². The topological polar surface area (TPSA) is 104 Å². The van der Waals surface area contributed by atoms with Crippen LogP contribution < -0.4 is 0 Å². The highest BCUT2D eigenvalue weighted by molar-refractivity contribution is 9.10. The number of aryl methyl sites for hydroxylation is 2. The standard InChI is InChI=1S/C25H20Br2O6/c1-10-7-17(26)12(3)19(21(10)28)25(20-13(4)18(27)8-11(2)22(20)29)16-9-14(23(30)31)5-6-15(16)24(32)33-25/h5-9,28-29H,1-4H3,(H,30,31). The number of phenols is 2. The van der Waals surface area contributed by atoms with Crippen molar-refractivity contribution in [2.24, 2.45) is 0 Å². The van der Waals surface area contributed by atoms with Crippen LogP contribution in [0.4, 0.5) is 0 Å². The van der Waals surface area contributed by atoms with Gasteiger partial charge in [0, 0.05) is 14.5 Å². The van der Waals surface area contributed by atoms with E-state index in [0.29, 0.717) is 31.2 Å². The second-order valence-corrected chi connectivity index (χ2v) is 9.89. The molecule has 0 amide bonds. The third-order valence-corrected chi connectivity index (χ3v) is 7.84. The van der Waals surface area contributed by atoms with E-state index < -0.39 is 17.5 Å². The molecular weight excluding hydrogens is 556 g/mol. The molecule has 0 fully saturated rings. The Kier molecular flexibility index (Phi) is 5.57. The minimum Gasteiger partial charge on any atom is -0.507 e. The molecule has 0 bridgehead atoms. The zero-order chi connectivity index (χ0) is 24.4. The minimum atomic E-state index is -1.79. The molecule has 8 heteroatoms. The molecule has 0 unspecified atom stereocenters. The number of hydrogen-bond donors (Lipinski definition) is 3. The molecule has 3 aromatic carbocycles. The lowest BCUT2D eigenvalue weighted by Crippen LogP contribution is -2.32. The lowest BCUT2D eigenvalue weighted by Gasteiger charge is -2.35. The van der Waals surface area contributed by atoms with Gasteiger partial charge in [0.15, 0.2) is 5.60 Å². The summed E-state index contributed by atoms with van der Waals surface area (Å²) in [6.45, 7) is 6.93. The predicted octanol–water partition coefficient (Wildman–Crippen LogP) is 6.02. The van der Waals surface area contributed by atoms with Crippen molar-refractivity contribution in [2.75, 3.05) is 0 Å². The maximum atomic E-state index is 13.1. The molecule has 0 radical (unpaired) electrons. The van der Waals surface area contributed by atoms with E-state index in [0.717, 1.165) is 0 Å². The highest BCUT2D eigenvalue weighted by Crippen LogP contribution is 2.56. The van der Waals surface area contributed by atoms with Crippen LogP contribution in [0, 0.1) is 27.7 Å². The number of fused-ring (bicyclic) bond motifs is 1. The predicted molar refractivity (Wildman–Crippen MR) is 129 cm³/mol. The van der Waals surface area contributed by atoms with Gasteiger partial charge in [0.1, 0.15) is 11.5 Å². The number of carbonyl (C=O) groups excluding carboxylic acids is 1. The van der Waals surface area contributed by atoms with Crippen LogP contribution in [0.3, 0.4) is 0 Å². The van der Waals surface area contributed by atoms with Gasteiger partial charge in [-0.3, -0.25) is 0 Å². The summed E-state index contributed by atoms with van der Waals surface area (Å²) in [5, 5.41) is 32.2. The summed E-state index contributed by atoms with van der Waals surface area (Å²) in [7, 11) is 0. The van der Waals surface area contributed by atoms with Crippen molar-refractivity contribution in [3.63, 3.8) is 0 Å². The fourth-order valence-corrected chi connectivity index (χ4v) is 5.56. The highest BCUT2D eigenvalue weighted by Gasteiger charge is 2.54. The first kappa shape index (κ1) is 23.3. The number of carbonyl (C=O) groups is 2. The molecule has 6 nitrogen and oxygen atoms in total. The third-order valence-electron chi connectivity index (χ3n) is 6.19. The van der Waals surface area contributed by atoms with Gasteiger partial charge in [-0.15, -0.1) is 0 Å². The Morgan fingerprint density at radius 1 is 0.879 bits per heavy atom. The number of benzene rings is 3. The third kappa shape index (κ3) is 3.27. The van der Waals surface area contributed by atoms with Crippen molar-refractivity contribution >= 4 is 43.8 Å². The number of rotatable bonds is 3. The van der Waals surface area contributed by atoms with E-state index in [4.69, 9.17) is 4.74 Å². The number of aromatic carboxylic acids is 1. The Morgan fingerprint density at radius 3 is 1.82 bits per heavy atom. The van der Waals surface area contributed by atoms with Gasteiger partial charge in [-0.05, 0) is 80.3 Å². The normalized spacial score (nSPS) is 14.2. The van der Waals surface area contributed by atoms with Gasteiger partial charge in [0.05, 0.1) is 22.3 Å². The zero-order valence-corrected chi connectivity index (χ0v) is 21.4. The first-order valence-electron chi connectivity index (χ1n) is 10.0. The molecule has 0 saturated carbocycles. The molecule has 0 aromatic heterocycles. The number of aromatic hydroxyl groups is 2. The van der Waals surface area contributed by atoms with Crippen LogP contribution >= 0.6 is 31.9 Å². The largest absolute Gasteiger partial charge is 0.507 e. The summed E-state index contributed by atoms with van der Waals surface area (Å²) >= 11 is 7.03. The molecule has 170 valence electrons. The van der Waals surface area contributed by atoms with Gasteiger partial charge in [-0.25, -0.2) is 9.59 Å². The number of carboxylic acid groups (broad SMARTS) is 1. The summed E-state index contributed by atoms with van der Waals surface area (Å²) < 4.78 is 7.40. The maximum absolute atomic E-state index is 13.1. The van der Waals surface area contributed by atoms with Crippen molar-refractivity contribution in [3.8, 4) is 11.5 Å². The number of hydrogen-bond acceptors (Lipinski definition) is 5. The SMILES string of the molecule is Cc1cc(Br)c(C)c(C2(c3c(C)c(Br)cc(C)c3O)OC(=O)c3ccc(C(=O)O)cc32)c1O. The van der Waals surface area contributed by atoms with Gasteiger partial charge in [-0.2, -0.15) is 0 Å². The van der Waals surface area contributed by atoms with Gasteiger partial charge in [0.25, 0.3) is 0 Å². The fraction of sp³-hybridized carbons (Fsp3) is 0.200. The molecule has 33 heavy (non-hydrogen) atoms. The van der Waals surface area contributed by atoms with Gasteiger partial charge in [-0.1, -0.05) is 31.9 Å². The maximum Gasteiger partial charge on any atom is 0.340 e. The van der Waals surface area contributed by atoms with E-state index in [1.165, 1.54) is 18.2 Å². The smallest absolute Gasteiger partial charge is 0.340 e. The lowest BCUT2D eigenvalue weighted by molar-refractivity contribution is 0.0235. The molecule has 4 rings (SSSR count). The first-order chi connectivity index (χ1) is 15.4. The molecule has 3 N–H and O–H groups in total. The second-order valence-electron chi connectivity index (χ2n) is 8.18. The molecule has 3 aromatic rings. The number of halogens is 2. The average molecular weight is 576 g/mol. The van der Waals surface area contributed by atoms with E-state index in [9.17, 15) is 24.9 Å².